The van der Waals surface area contributed by atoms with Crippen molar-refractivity contribution in [1.82, 2.24) is 10.1 Å². The van der Waals surface area contributed by atoms with Crippen molar-refractivity contribution in [1.29, 1.82) is 0 Å². The van der Waals surface area contributed by atoms with Crippen molar-refractivity contribution >= 4 is 15.9 Å². The van der Waals surface area contributed by atoms with Crippen LogP contribution in [-0.2, 0) is 5.41 Å². The molecule has 1 aromatic heterocycles. The van der Waals surface area contributed by atoms with Crippen LogP contribution in [0.25, 0.3) is 11.4 Å². The van der Waals surface area contributed by atoms with Gasteiger partial charge in [-0.2, -0.15) is 4.98 Å². The van der Waals surface area contributed by atoms with E-state index in [1.54, 1.807) is 6.07 Å². The number of aromatic nitrogens is 2. The molecule has 100 valence electrons. The molecule has 1 fully saturated rings. The van der Waals surface area contributed by atoms with Gasteiger partial charge in [0.05, 0.1) is 5.41 Å². The van der Waals surface area contributed by atoms with Gasteiger partial charge in [0.1, 0.15) is 5.82 Å². The number of nitrogens with two attached hydrogens (primary N) is 1. The largest absolute Gasteiger partial charge is 0.338 e. The van der Waals surface area contributed by atoms with Crippen LogP contribution >= 0.6 is 15.9 Å². The van der Waals surface area contributed by atoms with Gasteiger partial charge in [-0.15, -0.1) is 0 Å². The van der Waals surface area contributed by atoms with Gasteiger partial charge in [0.2, 0.25) is 11.7 Å². The lowest BCUT2D eigenvalue weighted by Gasteiger charge is -2.36. The van der Waals surface area contributed by atoms with E-state index in [9.17, 15) is 4.39 Å². The normalized spacial score (nSPS) is 17.2. The molecule has 1 aliphatic rings. The molecule has 19 heavy (non-hydrogen) atoms. The minimum atomic E-state index is -0.309. The Labute approximate surface area is 118 Å². The third kappa shape index (κ3) is 2.08. The predicted molar refractivity (Wildman–Crippen MR) is 72.0 cm³/mol. The van der Waals surface area contributed by atoms with Gasteiger partial charge in [0.25, 0.3) is 0 Å². The van der Waals surface area contributed by atoms with Crippen molar-refractivity contribution in [3.05, 3.63) is 34.4 Å². The van der Waals surface area contributed by atoms with Crippen molar-refractivity contribution in [2.24, 2.45) is 5.73 Å². The Bertz CT molecular complexity index is 604. The molecule has 1 heterocycles. The van der Waals surface area contributed by atoms with E-state index >= 15 is 0 Å². The van der Waals surface area contributed by atoms with Crippen LogP contribution in [0.1, 0.15) is 25.2 Å². The summed E-state index contributed by atoms with van der Waals surface area (Å²) in [7, 11) is 0. The molecule has 0 aliphatic heterocycles. The lowest BCUT2D eigenvalue weighted by atomic mass is 9.69. The van der Waals surface area contributed by atoms with Crippen LogP contribution < -0.4 is 5.73 Å². The molecule has 0 bridgehead atoms. The third-order valence-corrected chi connectivity index (χ3v) is 4.41. The van der Waals surface area contributed by atoms with Crippen LogP contribution in [-0.4, -0.2) is 16.7 Å². The topological polar surface area (TPSA) is 64.9 Å². The molecule has 6 heteroatoms. The fraction of sp³-hybridized carbons (Fsp3) is 0.385. The Balaban J connectivity index is 1.97. The second-order valence-corrected chi connectivity index (χ2v) is 5.74. The summed E-state index contributed by atoms with van der Waals surface area (Å²) in [6.45, 7) is 0.513. The molecule has 0 unspecified atom stereocenters. The first-order valence-corrected chi connectivity index (χ1v) is 6.94. The maximum Gasteiger partial charge on any atom is 0.234 e. The summed E-state index contributed by atoms with van der Waals surface area (Å²) in [5.41, 5.74) is 6.37. The van der Waals surface area contributed by atoms with Crippen LogP contribution in [0.2, 0.25) is 0 Å². The molecule has 0 radical (unpaired) electrons. The maximum atomic E-state index is 13.1. The van der Waals surface area contributed by atoms with Crippen LogP contribution in [0.5, 0.6) is 0 Å². The summed E-state index contributed by atoms with van der Waals surface area (Å²) >= 11 is 3.31. The molecule has 1 aromatic carbocycles. The molecular weight excluding hydrogens is 313 g/mol. The first kappa shape index (κ1) is 12.7. The van der Waals surface area contributed by atoms with E-state index in [0.717, 1.165) is 19.3 Å². The summed E-state index contributed by atoms with van der Waals surface area (Å²) < 4.78 is 19.0. The minimum Gasteiger partial charge on any atom is -0.338 e. The van der Waals surface area contributed by atoms with Gasteiger partial charge in [0, 0.05) is 16.6 Å². The zero-order chi connectivity index (χ0) is 13.5. The quantitative estimate of drug-likeness (QED) is 0.942. The van der Waals surface area contributed by atoms with E-state index in [-0.39, 0.29) is 11.2 Å². The van der Waals surface area contributed by atoms with Gasteiger partial charge in [-0.05, 0) is 47.0 Å². The molecule has 3 rings (SSSR count). The third-order valence-electron chi connectivity index (χ3n) is 3.75. The Kier molecular flexibility index (Phi) is 3.14. The van der Waals surface area contributed by atoms with Crippen LogP contribution in [0, 0.1) is 5.82 Å². The lowest BCUT2D eigenvalue weighted by Crippen LogP contribution is -2.41. The van der Waals surface area contributed by atoms with Gasteiger partial charge in [-0.25, -0.2) is 4.39 Å². The van der Waals surface area contributed by atoms with E-state index in [1.165, 1.54) is 12.1 Å². The van der Waals surface area contributed by atoms with E-state index in [1.807, 2.05) is 0 Å². The van der Waals surface area contributed by atoms with E-state index < -0.39 is 0 Å². The summed E-state index contributed by atoms with van der Waals surface area (Å²) in [4.78, 5) is 4.43. The molecule has 2 N–H and O–H groups in total. The molecular formula is C13H13BrFN3O. The number of halogens is 2. The fourth-order valence-corrected chi connectivity index (χ4v) is 2.86. The summed E-state index contributed by atoms with van der Waals surface area (Å²) in [6, 6.07) is 4.38. The first-order valence-electron chi connectivity index (χ1n) is 6.14. The predicted octanol–water partition coefficient (Wildman–Crippen LogP) is 3.02. The van der Waals surface area contributed by atoms with Gasteiger partial charge in [-0.1, -0.05) is 11.6 Å². The molecule has 0 amide bonds. The first-order chi connectivity index (χ1) is 9.14. The van der Waals surface area contributed by atoms with Crippen molar-refractivity contribution in [2.45, 2.75) is 24.7 Å². The number of rotatable bonds is 3. The number of benzene rings is 1. The van der Waals surface area contributed by atoms with Crippen molar-refractivity contribution in [2.75, 3.05) is 6.54 Å². The Hall–Kier alpha value is -1.27. The van der Waals surface area contributed by atoms with Gasteiger partial charge in [-0.3, -0.25) is 0 Å². The van der Waals surface area contributed by atoms with E-state index in [4.69, 9.17) is 10.3 Å². The standard InChI is InChI=1S/C13H13BrFN3O/c14-10-6-8(15)2-3-9(10)11-17-12(19-18-11)13(7-16)4-1-5-13/h2-3,6H,1,4-5,7,16H2. The van der Waals surface area contributed by atoms with Crippen LogP contribution in [0.15, 0.2) is 27.2 Å². The Morgan fingerprint density at radius 2 is 2.21 bits per heavy atom. The fourth-order valence-electron chi connectivity index (χ4n) is 2.33. The highest BCUT2D eigenvalue weighted by atomic mass is 79.9. The molecule has 4 nitrogen and oxygen atoms in total. The molecule has 1 saturated carbocycles. The Morgan fingerprint density at radius 1 is 1.42 bits per heavy atom. The summed E-state index contributed by atoms with van der Waals surface area (Å²) in [5.74, 6) is 0.742. The van der Waals surface area contributed by atoms with Crippen LogP contribution in [0.3, 0.4) is 0 Å². The summed E-state index contributed by atoms with van der Waals surface area (Å²) in [5, 5.41) is 3.98. The smallest absolute Gasteiger partial charge is 0.234 e. The van der Waals surface area contributed by atoms with E-state index in [0.29, 0.717) is 28.3 Å². The monoisotopic (exact) mass is 325 g/mol. The molecule has 0 saturated heterocycles. The average Bonchev–Trinajstić information content (AvgIpc) is 2.78. The second-order valence-electron chi connectivity index (χ2n) is 4.89. The molecule has 0 atom stereocenters. The molecule has 2 aromatic rings. The SMILES string of the molecule is NCC1(c2nc(-c3ccc(F)cc3Br)no2)CCC1. The second kappa shape index (κ2) is 4.68. The Morgan fingerprint density at radius 3 is 2.79 bits per heavy atom. The zero-order valence-electron chi connectivity index (χ0n) is 10.2. The van der Waals surface area contributed by atoms with Crippen molar-refractivity contribution in [3.63, 3.8) is 0 Å². The van der Waals surface area contributed by atoms with Gasteiger partial charge >= 0.3 is 0 Å². The lowest BCUT2D eigenvalue weighted by molar-refractivity contribution is 0.182. The highest BCUT2D eigenvalue weighted by molar-refractivity contribution is 9.10. The maximum absolute atomic E-state index is 13.1. The van der Waals surface area contributed by atoms with Crippen molar-refractivity contribution in [3.8, 4) is 11.4 Å². The number of hydrogen-bond acceptors (Lipinski definition) is 4. The number of nitrogens with zero attached hydrogens (tertiary/aromatic N) is 2. The highest BCUT2D eigenvalue weighted by Gasteiger charge is 2.42. The summed E-state index contributed by atoms with van der Waals surface area (Å²) in [6.07, 6.45) is 3.10. The van der Waals surface area contributed by atoms with Gasteiger partial charge in [0.15, 0.2) is 0 Å². The molecule has 1 aliphatic carbocycles. The number of hydrogen-bond donors (Lipinski definition) is 1. The molecule has 0 spiro atoms. The average molecular weight is 326 g/mol. The minimum absolute atomic E-state index is 0.155. The van der Waals surface area contributed by atoms with Crippen molar-refractivity contribution < 1.29 is 8.91 Å². The van der Waals surface area contributed by atoms with E-state index in [2.05, 4.69) is 26.1 Å². The van der Waals surface area contributed by atoms with Crippen LogP contribution in [0.4, 0.5) is 4.39 Å². The highest BCUT2D eigenvalue weighted by Crippen LogP contribution is 2.42. The van der Waals surface area contributed by atoms with Gasteiger partial charge < -0.3 is 10.3 Å². The zero-order valence-corrected chi connectivity index (χ0v) is 11.8.